The summed E-state index contributed by atoms with van der Waals surface area (Å²) < 4.78 is 3.31. The molecule has 2 amide bonds. The van der Waals surface area contributed by atoms with Gasteiger partial charge < -0.3 is 20.2 Å². The molecule has 0 atom stereocenters. The van der Waals surface area contributed by atoms with Gasteiger partial charge in [-0.1, -0.05) is 18.2 Å². The molecule has 0 bridgehead atoms. The average molecular weight is 468 g/mol. The third-order valence-electron chi connectivity index (χ3n) is 5.32. The Labute approximate surface area is 198 Å². The number of H-pyrrole nitrogens is 1. The van der Waals surface area contributed by atoms with E-state index in [2.05, 4.69) is 30.7 Å². The Morgan fingerprint density at radius 2 is 1.94 bits per heavy atom. The zero-order chi connectivity index (χ0) is 24.2. The van der Waals surface area contributed by atoms with Crippen molar-refractivity contribution in [1.82, 2.24) is 29.3 Å². The summed E-state index contributed by atoms with van der Waals surface area (Å²) in [6.45, 7) is 0.506. The fourth-order valence-corrected chi connectivity index (χ4v) is 3.60. The lowest BCUT2D eigenvalue weighted by Crippen LogP contribution is -2.16. The molecule has 0 radical (unpaired) electrons. The molecule has 35 heavy (non-hydrogen) atoms. The number of nitrogens with zero attached hydrogens (tertiary/aromatic N) is 5. The van der Waals surface area contributed by atoms with Crippen LogP contribution in [0.3, 0.4) is 0 Å². The zero-order valence-electron chi connectivity index (χ0n) is 18.4. The quantitative estimate of drug-likeness (QED) is 0.335. The molecule has 0 aliphatic carbocycles. The molecule has 5 aromatic rings. The minimum absolute atomic E-state index is 0.172. The number of carbonyl (C=O) groups is 2. The molecule has 174 valence electrons. The fraction of sp³-hybridized carbons (Fsp3) is 0.0833. The van der Waals surface area contributed by atoms with E-state index in [0.717, 1.165) is 0 Å². The van der Waals surface area contributed by atoms with Gasteiger partial charge in [-0.15, -0.1) is 0 Å². The summed E-state index contributed by atoms with van der Waals surface area (Å²) in [5, 5.41) is 10.3. The van der Waals surface area contributed by atoms with Gasteiger partial charge in [-0.3, -0.25) is 14.4 Å². The minimum Gasteiger partial charge on any atom is -0.337 e. The van der Waals surface area contributed by atoms with Crippen molar-refractivity contribution in [1.29, 1.82) is 0 Å². The van der Waals surface area contributed by atoms with Crippen LogP contribution >= 0.6 is 0 Å². The molecule has 0 saturated heterocycles. The molecule has 0 unspecified atom stereocenters. The monoisotopic (exact) mass is 468 g/mol. The Bertz CT molecular complexity index is 1570. The summed E-state index contributed by atoms with van der Waals surface area (Å²) in [7, 11) is 0. The number of rotatable bonds is 7. The molecular weight excluding hydrogens is 448 g/mol. The van der Waals surface area contributed by atoms with E-state index in [4.69, 9.17) is 0 Å². The molecule has 3 aromatic heterocycles. The Morgan fingerprint density at radius 3 is 2.80 bits per heavy atom. The molecule has 0 fully saturated rings. The second kappa shape index (κ2) is 9.43. The van der Waals surface area contributed by atoms with Gasteiger partial charge in [-0.25, -0.2) is 14.6 Å². The predicted molar refractivity (Wildman–Crippen MR) is 129 cm³/mol. The summed E-state index contributed by atoms with van der Waals surface area (Å²) in [6.07, 6.45) is 8.10. The highest BCUT2D eigenvalue weighted by atomic mass is 16.2. The number of aromatic amines is 1. The van der Waals surface area contributed by atoms with Crippen LogP contribution in [0.25, 0.3) is 16.7 Å². The summed E-state index contributed by atoms with van der Waals surface area (Å²) in [4.78, 5) is 48.1. The molecule has 0 aliphatic heterocycles. The maximum Gasteiger partial charge on any atom is 0.261 e. The number of anilines is 2. The van der Waals surface area contributed by atoms with E-state index in [1.165, 1.54) is 17.2 Å². The maximum atomic E-state index is 13.0. The van der Waals surface area contributed by atoms with Crippen molar-refractivity contribution in [2.75, 3.05) is 10.6 Å². The van der Waals surface area contributed by atoms with E-state index in [1.54, 1.807) is 67.3 Å². The van der Waals surface area contributed by atoms with Crippen molar-refractivity contribution in [2.24, 2.45) is 0 Å². The van der Waals surface area contributed by atoms with Crippen LogP contribution in [0.15, 0.2) is 84.6 Å². The molecule has 3 heterocycles. The summed E-state index contributed by atoms with van der Waals surface area (Å²) >= 11 is 0. The molecule has 11 nitrogen and oxygen atoms in total. The van der Waals surface area contributed by atoms with Crippen LogP contribution in [0.1, 0.15) is 16.8 Å². The summed E-state index contributed by atoms with van der Waals surface area (Å²) in [6, 6.07) is 13.8. The van der Waals surface area contributed by atoms with E-state index in [-0.39, 0.29) is 23.8 Å². The van der Waals surface area contributed by atoms with Gasteiger partial charge in [-0.05, 0) is 30.3 Å². The topological polar surface area (TPSA) is 140 Å². The van der Waals surface area contributed by atoms with Crippen LogP contribution in [-0.4, -0.2) is 41.1 Å². The maximum absolute atomic E-state index is 13.0. The highest BCUT2D eigenvalue weighted by Crippen LogP contribution is 2.23. The van der Waals surface area contributed by atoms with Crippen LogP contribution in [0.4, 0.5) is 11.4 Å². The number of aryl methyl sites for hydroxylation is 1. The Morgan fingerprint density at radius 1 is 1.06 bits per heavy atom. The Kier molecular flexibility index (Phi) is 5.87. The molecule has 3 N–H and O–H groups in total. The van der Waals surface area contributed by atoms with Crippen LogP contribution in [0, 0.1) is 0 Å². The first kappa shape index (κ1) is 21.8. The molecule has 2 aromatic carbocycles. The van der Waals surface area contributed by atoms with Gasteiger partial charge in [0.1, 0.15) is 5.39 Å². The predicted octanol–water partition coefficient (Wildman–Crippen LogP) is 2.59. The van der Waals surface area contributed by atoms with Crippen LogP contribution < -0.4 is 16.2 Å². The van der Waals surface area contributed by atoms with Gasteiger partial charge in [0.25, 0.3) is 11.5 Å². The first-order chi connectivity index (χ1) is 17.1. The largest absolute Gasteiger partial charge is 0.337 e. The summed E-state index contributed by atoms with van der Waals surface area (Å²) in [5.74, 6) is -0.538. The second-order valence-corrected chi connectivity index (χ2v) is 7.68. The van der Waals surface area contributed by atoms with Gasteiger partial charge >= 0.3 is 0 Å². The lowest BCUT2D eigenvalue weighted by Gasteiger charge is -2.12. The van der Waals surface area contributed by atoms with E-state index in [0.29, 0.717) is 40.2 Å². The molecule has 0 aliphatic rings. The number of hydrogen-bond acceptors (Lipinski definition) is 6. The smallest absolute Gasteiger partial charge is 0.261 e. The SMILES string of the molecule is O=C(CCn1ccnc1)Nc1cccc(C(=O)Nc2ccccc2-n2ncc3c(=O)[nH]cnc32)c1. The van der Waals surface area contributed by atoms with Gasteiger partial charge in [0, 0.05) is 36.6 Å². The summed E-state index contributed by atoms with van der Waals surface area (Å²) in [5.41, 5.74) is 2.00. The van der Waals surface area contributed by atoms with Crippen LogP contribution in [0.2, 0.25) is 0 Å². The van der Waals surface area contributed by atoms with Gasteiger partial charge in [0.15, 0.2) is 5.65 Å². The first-order valence-electron chi connectivity index (χ1n) is 10.8. The lowest BCUT2D eigenvalue weighted by atomic mass is 10.1. The van der Waals surface area contributed by atoms with E-state index in [9.17, 15) is 14.4 Å². The average Bonchev–Trinajstić information content (AvgIpc) is 3.54. The van der Waals surface area contributed by atoms with E-state index < -0.39 is 0 Å². The number of aromatic nitrogens is 6. The van der Waals surface area contributed by atoms with Crippen molar-refractivity contribution >= 4 is 34.2 Å². The lowest BCUT2D eigenvalue weighted by molar-refractivity contribution is -0.116. The number of fused-ring (bicyclic) bond motifs is 1. The number of hydrogen-bond donors (Lipinski definition) is 3. The van der Waals surface area contributed by atoms with E-state index >= 15 is 0 Å². The number of benzene rings is 2. The standard InChI is InChI=1S/C24H20N8O3/c33-21(8-10-31-11-9-25-15-31)29-17-5-3-4-16(12-17)23(34)30-19-6-1-2-7-20(19)32-22-18(13-28-32)24(35)27-14-26-22/h1-7,9,11-15H,8,10H2,(H,29,33)(H,30,34)(H,26,27,35). The highest BCUT2D eigenvalue weighted by molar-refractivity contribution is 6.06. The second-order valence-electron chi connectivity index (χ2n) is 7.68. The van der Waals surface area contributed by atoms with Crippen molar-refractivity contribution in [3.63, 3.8) is 0 Å². The molecule has 11 heteroatoms. The minimum atomic E-state index is -0.366. The van der Waals surface area contributed by atoms with Crippen molar-refractivity contribution < 1.29 is 9.59 Å². The fourth-order valence-electron chi connectivity index (χ4n) is 3.60. The number of amides is 2. The highest BCUT2D eigenvalue weighted by Gasteiger charge is 2.15. The number of imidazole rings is 1. The number of nitrogens with one attached hydrogen (secondary N) is 3. The van der Waals surface area contributed by atoms with Gasteiger partial charge in [-0.2, -0.15) is 5.10 Å². The molecule has 0 spiro atoms. The Hall–Kier alpha value is -5.06. The van der Waals surface area contributed by atoms with Crippen molar-refractivity contribution in [2.45, 2.75) is 13.0 Å². The van der Waals surface area contributed by atoms with E-state index in [1.807, 2.05) is 4.57 Å². The third kappa shape index (κ3) is 4.69. The number of para-hydroxylation sites is 2. The van der Waals surface area contributed by atoms with Crippen molar-refractivity contribution in [3.05, 3.63) is 95.7 Å². The molecule has 5 rings (SSSR count). The third-order valence-corrected chi connectivity index (χ3v) is 5.32. The number of carbonyl (C=O) groups excluding carboxylic acids is 2. The van der Waals surface area contributed by atoms with Crippen LogP contribution in [0.5, 0.6) is 0 Å². The molecular formula is C24H20N8O3. The van der Waals surface area contributed by atoms with Crippen molar-refractivity contribution in [3.8, 4) is 5.69 Å². The van der Waals surface area contributed by atoms with Crippen LogP contribution in [-0.2, 0) is 11.3 Å². The zero-order valence-corrected chi connectivity index (χ0v) is 18.4. The first-order valence-corrected chi connectivity index (χ1v) is 10.8. The van der Waals surface area contributed by atoms with Gasteiger partial charge in [0.05, 0.1) is 30.2 Å². The van der Waals surface area contributed by atoms with Gasteiger partial charge in [0.2, 0.25) is 5.91 Å². The normalized spacial score (nSPS) is 10.9. The molecule has 0 saturated carbocycles. The Balaban J connectivity index is 1.33.